The molecule has 2 heterocycles. The molecule has 1 fully saturated rings. The topological polar surface area (TPSA) is 64.6 Å². The monoisotopic (exact) mass is 261 g/mol. The molecule has 1 aromatic carbocycles. The summed E-state index contributed by atoms with van der Waals surface area (Å²) in [5.41, 5.74) is 1.82. The first-order valence-electron chi connectivity index (χ1n) is 6.84. The molecule has 3 rings (SSSR count). The Morgan fingerprint density at radius 1 is 1.26 bits per heavy atom. The van der Waals surface area contributed by atoms with E-state index in [1.807, 2.05) is 4.90 Å². The molecule has 0 bridgehead atoms. The Bertz CT molecular complexity index is 484. The summed E-state index contributed by atoms with van der Waals surface area (Å²) >= 11 is 0. The van der Waals surface area contributed by atoms with E-state index in [2.05, 4.69) is 10.6 Å². The van der Waals surface area contributed by atoms with E-state index >= 15 is 0 Å². The quantitative estimate of drug-likeness (QED) is 0.672. The molecule has 0 radical (unpaired) electrons. The van der Waals surface area contributed by atoms with E-state index in [1.54, 1.807) is 18.2 Å². The SMILES string of the molecule is O=C1Nc2ccc(O)cc2CCN1C1CCNCC1. The van der Waals surface area contributed by atoms with Gasteiger partial charge >= 0.3 is 6.03 Å². The second-order valence-corrected chi connectivity index (χ2v) is 5.20. The molecule has 0 unspecified atom stereocenters. The van der Waals surface area contributed by atoms with Gasteiger partial charge in [0.2, 0.25) is 0 Å². The second kappa shape index (κ2) is 5.09. The number of fused-ring (bicyclic) bond motifs is 1. The van der Waals surface area contributed by atoms with Crippen LogP contribution in [0.2, 0.25) is 0 Å². The number of carbonyl (C=O) groups excluding carboxylic acids is 1. The number of hydrogen-bond acceptors (Lipinski definition) is 3. The summed E-state index contributed by atoms with van der Waals surface area (Å²) in [6.45, 7) is 2.66. The fourth-order valence-electron chi connectivity index (χ4n) is 2.91. The van der Waals surface area contributed by atoms with Crippen LogP contribution in [0.3, 0.4) is 0 Å². The van der Waals surface area contributed by atoms with Gasteiger partial charge in [0, 0.05) is 18.3 Å². The Balaban J connectivity index is 1.79. The maximum atomic E-state index is 12.3. The molecule has 19 heavy (non-hydrogen) atoms. The molecular weight excluding hydrogens is 242 g/mol. The first kappa shape index (κ1) is 12.3. The highest BCUT2D eigenvalue weighted by atomic mass is 16.3. The Labute approximate surface area is 112 Å². The molecule has 0 aliphatic carbocycles. The number of rotatable bonds is 1. The van der Waals surface area contributed by atoms with Crippen LogP contribution in [0.5, 0.6) is 5.75 Å². The van der Waals surface area contributed by atoms with Crippen molar-refractivity contribution in [2.24, 2.45) is 0 Å². The van der Waals surface area contributed by atoms with E-state index < -0.39 is 0 Å². The van der Waals surface area contributed by atoms with Crippen LogP contribution in [0, 0.1) is 0 Å². The minimum atomic E-state index is -0.0173. The van der Waals surface area contributed by atoms with Crippen LogP contribution in [-0.2, 0) is 6.42 Å². The van der Waals surface area contributed by atoms with Crippen LogP contribution in [0.1, 0.15) is 18.4 Å². The molecule has 0 saturated carbocycles. The lowest BCUT2D eigenvalue weighted by molar-refractivity contribution is 0.173. The fraction of sp³-hybridized carbons (Fsp3) is 0.500. The normalized spacial score (nSPS) is 20.6. The zero-order chi connectivity index (χ0) is 13.2. The lowest BCUT2D eigenvalue weighted by Gasteiger charge is -2.33. The van der Waals surface area contributed by atoms with E-state index in [1.165, 1.54) is 0 Å². The summed E-state index contributed by atoms with van der Waals surface area (Å²) in [7, 11) is 0. The zero-order valence-electron chi connectivity index (χ0n) is 10.9. The predicted octanol–water partition coefficient (Wildman–Crippen LogP) is 1.53. The highest BCUT2D eigenvalue weighted by molar-refractivity contribution is 5.91. The summed E-state index contributed by atoms with van der Waals surface area (Å²) in [6.07, 6.45) is 2.80. The smallest absolute Gasteiger partial charge is 0.322 e. The number of hydrogen-bond donors (Lipinski definition) is 3. The minimum Gasteiger partial charge on any atom is -0.508 e. The maximum Gasteiger partial charge on any atom is 0.322 e. The van der Waals surface area contributed by atoms with Crippen molar-refractivity contribution < 1.29 is 9.90 Å². The third-order valence-electron chi connectivity index (χ3n) is 3.96. The van der Waals surface area contributed by atoms with Gasteiger partial charge in [-0.15, -0.1) is 0 Å². The Kier molecular flexibility index (Phi) is 3.29. The Morgan fingerprint density at radius 2 is 2.05 bits per heavy atom. The predicted molar refractivity (Wildman–Crippen MR) is 73.4 cm³/mol. The maximum absolute atomic E-state index is 12.3. The molecule has 5 nitrogen and oxygen atoms in total. The van der Waals surface area contributed by atoms with Gasteiger partial charge in [0.1, 0.15) is 5.75 Å². The van der Waals surface area contributed by atoms with E-state index in [-0.39, 0.29) is 11.8 Å². The van der Waals surface area contributed by atoms with Crippen LogP contribution in [-0.4, -0.2) is 41.7 Å². The van der Waals surface area contributed by atoms with Crippen molar-refractivity contribution in [3.8, 4) is 5.75 Å². The van der Waals surface area contributed by atoms with Crippen LogP contribution in [0.25, 0.3) is 0 Å². The van der Waals surface area contributed by atoms with Crippen molar-refractivity contribution in [1.29, 1.82) is 0 Å². The summed E-state index contributed by atoms with van der Waals surface area (Å²) in [4.78, 5) is 14.2. The highest BCUT2D eigenvalue weighted by Gasteiger charge is 2.27. The van der Waals surface area contributed by atoms with Gasteiger partial charge in [0.15, 0.2) is 0 Å². The van der Waals surface area contributed by atoms with Crippen molar-refractivity contribution >= 4 is 11.7 Å². The van der Waals surface area contributed by atoms with Crippen molar-refractivity contribution in [3.05, 3.63) is 23.8 Å². The van der Waals surface area contributed by atoms with E-state index in [4.69, 9.17) is 0 Å². The molecule has 0 atom stereocenters. The Morgan fingerprint density at radius 3 is 2.84 bits per heavy atom. The second-order valence-electron chi connectivity index (χ2n) is 5.20. The summed E-state index contributed by atoms with van der Waals surface area (Å²) in [5, 5.41) is 15.8. The third kappa shape index (κ3) is 2.51. The number of urea groups is 1. The van der Waals surface area contributed by atoms with Gasteiger partial charge in [-0.3, -0.25) is 0 Å². The van der Waals surface area contributed by atoms with Gasteiger partial charge in [-0.05, 0) is 56.1 Å². The number of anilines is 1. The average molecular weight is 261 g/mol. The standard InChI is InChI=1S/C14H19N3O2/c18-12-1-2-13-10(9-12)5-8-17(14(19)16-13)11-3-6-15-7-4-11/h1-2,9,11,15,18H,3-8H2,(H,16,19). The molecule has 1 saturated heterocycles. The van der Waals surface area contributed by atoms with Gasteiger partial charge in [-0.2, -0.15) is 0 Å². The van der Waals surface area contributed by atoms with Crippen molar-refractivity contribution in [2.45, 2.75) is 25.3 Å². The molecule has 3 N–H and O–H groups in total. The van der Waals surface area contributed by atoms with E-state index in [9.17, 15) is 9.90 Å². The first-order valence-corrected chi connectivity index (χ1v) is 6.84. The molecule has 102 valence electrons. The number of phenolic OH excluding ortho intramolecular Hbond substituents is 1. The van der Waals surface area contributed by atoms with Crippen LogP contribution in [0.15, 0.2) is 18.2 Å². The van der Waals surface area contributed by atoms with Gasteiger partial charge in [0.25, 0.3) is 0 Å². The number of phenols is 1. The van der Waals surface area contributed by atoms with Gasteiger partial charge in [-0.25, -0.2) is 4.79 Å². The number of amides is 2. The molecular formula is C14H19N3O2. The molecule has 1 aromatic rings. The van der Waals surface area contributed by atoms with Gasteiger partial charge in [-0.1, -0.05) is 0 Å². The van der Waals surface area contributed by atoms with Crippen LogP contribution < -0.4 is 10.6 Å². The fourth-order valence-corrected chi connectivity index (χ4v) is 2.91. The van der Waals surface area contributed by atoms with Crippen LogP contribution >= 0.6 is 0 Å². The summed E-state index contributed by atoms with van der Waals surface area (Å²) < 4.78 is 0. The number of piperidine rings is 1. The van der Waals surface area contributed by atoms with Gasteiger partial charge < -0.3 is 20.6 Å². The third-order valence-corrected chi connectivity index (χ3v) is 3.96. The summed E-state index contributed by atoms with van der Waals surface area (Å²) in [6, 6.07) is 5.43. The first-order chi connectivity index (χ1) is 9.24. The van der Waals surface area contributed by atoms with E-state index in [0.717, 1.165) is 43.6 Å². The lowest BCUT2D eigenvalue weighted by atomic mass is 10.0. The lowest BCUT2D eigenvalue weighted by Crippen LogP contribution is -2.47. The van der Waals surface area contributed by atoms with Crippen LogP contribution in [0.4, 0.5) is 10.5 Å². The highest BCUT2D eigenvalue weighted by Crippen LogP contribution is 2.26. The van der Waals surface area contributed by atoms with Crippen molar-refractivity contribution in [3.63, 3.8) is 0 Å². The molecule has 0 spiro atoms. The molecule has 5 heteroatoms. The summed E-state index contributed by atoms with van der Waals surface area (Å²) in [5.74, 6) is 0.253. The number of aromatic hydroxyl groups is 1. The number of nitrogens with one attached hydrogen (secondary N) is 2. The molecule has 2 aliphatic heterocycles. The molecule has 2 amide bonds. The number of benzene rings is 1. The van der Waals surface area contributed by atoms with E-state index in [0.29, 0.717) is 12.6 Å². The average Bonchev–Trinajstić information content (AvgIpc) is 2.58. The number of nitrogens with zero attached hydrogens (tertiary/aromatic N) is 1. The van der Waals surface area contributed by atoms with Crippen molar-refractivity contribution in [2.75, 3.05) is 25.0 Å². The number of carbonyl (C=O) groups is 1. The zero-order valence-corrected chi connectivity index (χ0v) is 10.9. The minimum absolute atomic E-state index is 0.0173. The molecule has 2 aliphatic rings. The Hall–Kier alpha value is -1.75. The van der Waals surface area contributed by atoms with Crippen molar-refractivity contribution in [1.82, 2.24) is 10.2 Å². The van der Waals surface area contributed by atoms with Gasteiger partial charge in [0.05, 0.1) is 0 Å². The largest absolute Gasteiger partial charge is 0.508 e. The molecule has 0 aromatic heterocycles.